The molecule has 0 amide bonds. The van der Waals surface area contributed by atoms with Gasteiger partial charge in [-0.05, 0) is 43.1 Å². The van der Waals surface area contributed by atoms with Gasteiger partial charge in [0.2, 0.25) is 0 Å². The lowest BCUT2D eigenvalue weighted by Crippen LogP contribution is -2.44. The average molecular weight is 249 g/mol. The van der Waals surface area contributed by atoms with Gasteiger partial charge in [-0.3, -0.25) is 0 Å². The van der Waals surface area contributed by atoms with Gasteiger partial charge in [-0.2, -0.15) is 0 Å². The number of furan rings is 1. The molecule has 0 bridgehead atoms. The maximum atomic E-state index is 5.17. The maximum Gasteiger partial charge on any atom is 0.0950 e. The first-order chi connectivity index (χ1) is 8.27. The largest absolute Gasteiger partial charge is 0.472 e. The molecule has 0 radical (unpaired) electrons. The van der Waals surface area contributed by atoms with Crippen LogP contribution in [-0.4, -0.2) is 6.04 Å². The number of nitrogens with one attached hydrogen (secondary N) is 1. The van der Waals surface area contributed by atoms with Crippen molar-refractivity contribution in [3.8, 4) is 0 Å². The molecule has 1 atom stereocenters. The van der Waals surface area contributed by atoms with Crippen molar-refractivity contribution in [2.45, 2.75) is 66.0 Å². The van der Waals surface area contributed by atoms with E-state index in [1.807, 2.05) is 6.26 Å². The lowest BCUT2D eigenvalue weighted by atomic mass is 9.63. The Kier molecular flexibility index (Phi) is 3.59. The molecule has 1 aromatic rings. The van der Waals surface area contributed by atoms with Crippen LogP contribution >= 0.6 is 0 Å². The molecule has 102 valence electrons. The third kappa shape index (κ3) is 3.38. The van der Waals surface area contributed by atoms with Gasteiger partial charge in [0.15, 0.2) is 0 Å². The Hall–Kier alpha value is -0.760. The van der Waals surface area contributed by atoms with E-state index in [0.717, 1.165) is 0 Å². The zero-order valence-electron chi connectivity index (χ0n) is 12.4. The Morgan fingerprint density at radius 1 is 1.22 bits per heavy atom. The molecule has 0 aliphatic heterocycles. The summed E-state index contributed by atoms with van der Waals surface area (Å²) in [6.07, 6.45) is 7.44. The van der Waals surface area contributed by atoms with Crippen molar-refractivity contribution in [1.82, 2.24) is 5.32 Å². The monoisotopic (exact) mass is 249 g/mol. The first-order valence-electron chi connectivity index (χ1n) is 7.06. The van der Waals surface area contributed by atoms with E-state index in [-0.39, 0.29) is 0 Å². The first-order valence-corrected chi connectivity index (χ1v) is 7.06. The minimum Gasteiger partial charge on any atom is -0.472 e. The zero-order chi connectivity index (χ0) is 13.4. The Balaban J connectivity index is 2.01. The molecule has 0 saturated heterocycles. The van der Waals surface area contributed by atoms with Crippen molar-refractivity contribution in [2.75, 3.05) is 0 Å². The summed E-state index contributed by atoms with van der Waals surface area (Å²) in [6, 6.07) is 3.03. The van der Waals surface area contributed by atoms with E-state index in [4.69, 9.17) is 4.42 Å². The molecular formula is C16H27NO. The van der Waals surface area contributed by atoms with Gasteiger partial charge in [-0.15, -0.1) is 0 Å². The third-order valence-corrected chi connectivity index (χ3v) is 4.08. The van der Waals surface area contributed by atoms with Crippen LogP contribution in [0.2, 0.25) is 0 Å². The van der Waals surface area contributed by atoms with Crippen LogP contribution in [0.5, 0.6) is 0 Å². The van der Waals surface area contributed by atoms with E-state index in [1.54, 1.807) is 6.26 Å². The molecule has 1 unspecified atom stereocenters. The average Bonchev–Trinajstić information content (AvgIpc) is 2.63. The van der Waals surface area contributed by atoms with Crippen LogP contribution in [-0.2, 0) is 0 Å². The predicted octanol–water partition coefficient (Wildman–Crippen LogP) is 4.54. The molecule has 2 heteroatoms. The molecule has 1 N–H and O–H groups in total. The highest BCUT2D eigenvalue weighted by atomic mass is 16.3. The van der Waals surface area contributed by atoms with E-state index in [2.05, 4.69) is 46.0 Å². The van der Waals surface area contributed by atoms with Crippen LogP contribution in [0.3, 0.4) is 0 Å². The van der Waals surface area contributed by atoms with Gasteiger partial charge in [0.1, 0.15) is 0 Å². The molecular weight excluding hydrogens is 222 g/mol. The van der Waals surface area contributed by atoms with E-state index in [0.29, 0.717) is 22.9 Å². The number of hydrogen-bond acceptors (Lipinski definition) is 2. The van der Waals surface area contributed by atoms with E-state index in [1.165, 1.54) is 24.8 Å². The normalized spacial score (nSPS) is 24.9. The zero-order valence-corrected chi connectivity index (χ0v) is 12.4. The summed E-state index contributed by atoms with van der Waals surface area (Å²) in [7, 11) is 0. The quantitative estimate of drug-likeness (QED) is 0.851. The Bertz CT molecular complexity index is 362. The SMILES string of the molecule is CC(NC1CC(C)(C)CC(C)(C)C1)c1ccoc1. The number of rotatable bonds is 3. The molecule has 1 fully saturated rings. The van der Waals surface area contributed by atoms with Crippen molar-refractivity contribution < 1.29 is 4.42 Å². The second-order valence-corrected chi connectivity index (χ2v) is 7.56. The van der Waals surface area contributed by atoms with Gasteiger partial charge in [0, 0.05) is 17.6 Å². The Labute approximate surface area is 111 Å². The summed E-state index contributed by atoms with van der Waals surface area (Å²) < 4.78 is 5.17. The molecule has 2 nitrogen and oxygen atoms in total. The standard InChI is InChI=1S/C16H27NO/c1-12(13-6-7-18-10-13)17-14-8-15(2,3)11-16(4,5)9-14/h6-7,10,12,14,17H,8-9,11H2,1-5H3. The summed E-state index contributed by atoms with van der Waals surface area (Å²) in [5.74, 6) is 0. The predicted molar refractivity (Wildman–Crippen MR) is 75.5 cm³/mol. The summed E-state index contributed by atoms with van der Waals surface area (Å²) in [5.41, 5.74) is 2.13. The van der Waals surface area contributed by atoms with Crippen LogP contribution in [0.15, 0.2) is 23.0 Å². The first kappa shape index (κ1) is 13.7. The van der Waals surface area contributed by atoms with E-state index < -0.39 is 0 Å². The van der Waals surface area contributed by atoms with Crippen molar-refractivity contribution >= 4 is 0 Å². The third-order valence-electron chi connectivity index (χ3n) is 4.08. The minimum absolute atomic E-state index is 0.374. The highest BCUT2D eigenvalue weighted by molar-refractivity contribution is 5.11. The highest BCUT2D eigenvalue weighted by Crippen LogP contribution is 2.46. The van der Waals surface area contributed by atoms with Crippen LogP contribution < -0.4 is 5.32 Å². The molecule has 1 aliphatic rings. The van der Waals surface area contributed by atoms with Gasteiger partial charge in [0.05, 0.1) is 12.5 Å². The molecule has 0 spiro atoms. The van der Waals surface area contributed by atoms with Crippen LogP contribution in [0, 0.1) is 10.8 Å². The maximum absolute atomic E-state index is 5.17. The van der Waals surface area contributed by atoms with E-state index >= 15 is 0 Å². The van der Waals surface area contributed by atoms with Crippen molar-refractivity contribution in [2.24, 2.45) is 10.8 Å². The van der Waals surface area contributed by atoms with Crippen LogP contribution in [0.25, 0.3) is 0 Å². The van der Waals surface area contributed by atoms with Crippen molar-refractivity contribution in [3.63, 3.8) is 0 Å². The summed E-state index contributed by atoms with van der Waals surface area (Å²) in [5, 5.41) is 3.77. The topological polar surface area (TPSA) is 25.2 Å². The second-order valence-electron chi connectivity index (χ2n) is 7.56. The second kappa shape index (κ2) is 4.73. The molecule has 2 rings (SSSR count). The minimum atomic E-state index is 0.374. The fraction of sp³-hybridized carbons (Fsp3) is 0.750. The van der Waals surface area contributed by atoms with Gasteiger partial charge >= 0.3 is 0 Å². The molecule has 1 heterocycles. The Morgan fingerprint density at radius 2 is 1.83 bits per heavy atom. The Morgan fingerprint density at radius 3 is 2.33 bits per heavy atom. The molecule has 1 saturated carbocycles. The smallest absolute Gasteiger partial charge is 0.0950 e. The van der Waals surface area contributed by atoms with E-state index in [9.17, 15) is 0 Å². The number of hydrogen-bond donors (Lipinski definition) is 1. The van der Waals surface area contributed by atoms with Crippen molar-refractivity contribution in [3.05, 3.63) is 24.2 Å². The van der Waals surface area contributed by atoms with Gasteiger partial charge in [-0.25, -0.2) is 0 Å². The van der Waals surface area contributed by atoms with Crippen LogP contribution in [0.4, 0.5) is 0 Å². The lowest BCUT2D eigenvalue weighted by Gasteiger charge is -2.46. The summed E-state index contributed by atoms with van der Waals surface area (Å²) >= 11 is 0. The molecule has 0 aromatic carbocycles. The molecule has 1 aliphatic carbocycles. The van der Waals surface area contributed by atoms with Gasteiger partial charge in [0.25, 0.3) is 0 Å². The fourth-order valence-electron chi connectivity index (χ4n) is 3.94. The highest BCUT2D eigenvalue weighted by Gasteiger charge is 2.38. The van der Waals surface area contributed by atoms with Crippen LogP contribution in [0.1, 0.15) is 65.5 Å². The summed E-state index contributed by atoms with van der Waals surface area (Å²) in [4.78, 5) is 0. The molecule has 18 heavy (non-hydrogen) atoms. The fourth-order valence-corrected chi connectivity index (χ4v) is 3.94. The molecule has 1 aromatic heterocycles. The van der Waals surface area contributed by atoms with Gasteiger partial charge < -0.3 is 9.73 Å². The van der Waals surface area contributed by atoms with Gasteiger partial charge in [-0.1, -0.05) is 27.7 Å². The van der Waals surface area contributed by atoms with Crippen molar-refractivity contribution in [1.29, 1.82) is 0 Å². The lowest BCUT2D eigenvalue weighted by molar-refractivity contribution is 0.0811. The summed E-state index contributed by atoms with van der Waals surface area (Å²) in [6.45, 7) is 11.8.